The van der Waals surface area contributed by atoms with Gasteiger partial charge in [-0.3, -0.25) is 4.79 Å². The van der Waals surface area contributed by atoms with Crippen LogP contribution in [0.15, 0.2) is 36.5 Å². The molecule has 6 nitrogen and oxygen atoms in total. The molecule has 1 amide bonds. The average molecular weight is 288 g/mol. The Bertz CT molecular complexity index is 622. The van der Waals surface area contributed by atoms with E-state index >= 15 is 0 Å². The molecule has 4 N–H and O–H groups in total. The molecule has 0 fully saturated rings. The van der Waals surface area contributed by atoms with Gasteiger partial charge in [0.2, 0.25) is 0 Å². The minimum Gasteiger partial charge on any atom is -0.397 e. The Morgan fingerprint density at radius 1 is 1.38 bits per heavy atom. The maximum absolute atomic E-state index is 12.1. The van der Waals surface area contributed by atoms with Gasteiger partial charge in [-0.1, -0.05) is 26.0 Å². The topological polar surface area (TPSA) is 93.2 Å². The van der Waals surface area contributed by atoms with Crippen molar-refractivity contribution in [3.63, 3.8) is 0 Å². The number of hydrogen-bond acceptors (Lipinski definition) is 4. The Labute approximate surface area is 123 Å². The molecular formula is C15H20N4O2. The van der Waals surface area contributed by atoms with Crippen LogP contribution in [-0.4, -0.2) is 33.4 Å². The van der Waals surface area contributed by atoms with Crippen LogP contribution < -0.4 is 11.1 Å². The van der Waals surface area contributed by atoms with Crippen LogP contribution in [0.5, 0.6) is 0 Å². The number of benzene rings is 1. The number of para-hydroxylation sites is 2. The van der Waals surface area contributed by atoms with Crippen molar-refractivity contribution in [2.24, 2.45) is 5.92 Å². The molecule has 6 heteroatoms. The number of rotatable bonds is 5. The normalized spacial score (nSPS) is 12.4. The summed E-state index contributed by atoms with van der Waals surface area (Å²) in [6.07, 6.45) is 1.68. The number of aliphatic hydroxyl groups excluding tert-OH is 1. The van der Waals surface area contributed by atoms with Gasteiger partial charge in [-0.05, 0) is 24.1 Å². The van der Waals surface area contributed by atoms with Gasteiger partial charge < -0.3 is 16.2 Å². The largest absolute Gasteiger partial charge is 0.397 e. The Morgan fingerprint density at radius 3 is 2.71 bits per heavy atom. The second-order valence-corrected chi connectivity index (χ2v) is 5.21. The van der Waals surface area contributed by atoms with Crippen molar-refractivity contribution in [2.75, 3.05) is 12.3 Å². The van der Waals surface area contributed by atoms with Gasteiger partial charge in [0.15, 0.2) is 5.69 Å². The highest BCUT2D eigenvalue weighted by atomic mass is 16.3. The highest BCUT2D eigenvalue weighted by Gasteiger charge is 2.18. The summed E-state index contributed by atoms with van der Waals surface area (Å²) in [5.74, 6) is -0.165. The molecular weight excluding hydrogens is 268 g/mol. The van der Waals surface area contributed by atoms with Crippen LogP contribution in [0.2, 0.25) is 0 Å². The molecule has 0 saturated heterocycles. The Kier molecular flexibility index (Phi) is 4.59. The Balaban J connectivity index is 2.17. The zero-order chi connectivity index (χ0) is 15.4. The second-order valence-electron chi connectivity index (χ2n) is 5.21. The van der Waals surface area contributed by atoms with Crippen molar-refractivity contribution >= 4 is 11.6 Å². The number of nitrogens with one attached hydrogen (secondary N) is 1. The summed E-state index contributed by atoms with van der Waals surface area (Å²) in [7, 11) is 0. The number of hydrogen-bond donors (Lipinski definition) is 3. The summed E-state index contributed by atoms with van der Waals surface area (Å²) in [6, 6.07) is 8.63. The zero-order valence-electron chi connectivity index (χ0n) is 12.2. The molecule has 1 aromatic carbocycles. The van der Waals surface area contributed by atoms with Gasteiger partial charge in [-0.15, -0.1) is 0 Å². The van der Waals surface area contributed by atoms with Gasteiger partial charge in [0, 0.05) is 6.20 Å². The van der Waals surface area contributed by atoms with Crippen LogP contribution in [0.4, 0.5) is 5.69 Å². The molecule has 1 aromatic heterocycles. The molecule has 0 spiro atoms. The van der Waals surface area contributed by atoms with Crippen LogP contribution in [0.25, 0.3) is 5.69 Å². The van der Waals surface area contributed by atoms with E-state index in [-0.39, 0.29) is 30.2 Å². The third kappa shape index (κ3) is 3.41. The molecule has 0 saturated carbocycles. The molecule has 0 bridgehead atoms. The lowest BCUT2D eigenvalue weighted by Gasteiger charge is -2.19. The molecule has 0 aliphatic heterocycles. The number of carbonyl (C=O) groups excluding carboxylic acids is 1. The summed E-state index contributed by atoms with van der Waals surface area (Å²) in [5, 5.41) is 16.3. The van der Waals surface area contributed by atoms with E-state index < -0.39 is 0 Å². The number of aromatic nitrogens is 2. The lowest BCUT2D eigenvalue weighted by atomic mass is 10.1. The van der Waals surface area contributed by atoms with Crippen LogP contribution in [0.1, 0.15) is 24.3 Å². The smallest absolute Gasteiger partial charge is 0.272 e. The maximum atomic E-state index is 12.1. The first-order chi connectivity index (χ1) is 10.0. The van der Waals surface area contributed by atoms with Crippen LogP contribution in [0, 0.1) is 5.92 Å². The quantitative estimate of drug-likeness (QED) is 0.721. The highest BCUT2D eigenvalue weighted by molar-refractivity contribution is 5.92. The van der Waals surface area contributed by atoms with Crippen molar-refractivity contribution in [2.45, 2.75) is 19.9 Å². The highest BCUT2D eigenvalue weighted by Crippen LogP contribution is 2.15. The summed E-state index contributed by atoms with van der Waals surface area (Å²) in [4.78, 5) is 12.1. The minimum absolute atomic E-state index is 0.101. The molecule has 1 atom stereocenters. The lowest BCUT2D eigenvalue weighted by Crippen LogP contribution is -2.41. The van der Waals surface area contributed by atoms with Gasteiger partial charge in [-0.25, -0.2) is 4.68 Å². The van der Waals surface area contributed by atoms with Gasteiger partial charge in [0.05, 0.1) is 24.0 Å². The van der Waals surface area contributed by atoms with E-state index in [1.807, 2.05) is 32.0 Å². The number of anilines is 1. The minimum atomic E-state index is -0.309. The first kappa shape index (κ1) is 15.1. The molecule has 21 heavy (non-hydrogen) atoms. The molecule has 2 aromatic rings. The Morgan fingerprint density at radius 2 is 2.10 bits per heavy atom. The van der Waals surface area contributed by atoms with Crippen molar-refractivity contribution in [3.05, 3.63) is 42.2 Å². The molecule has 1 heterocycles. The van der Waals surface area contributed by atoms with Crippen LogP contribution in [-0.2, 0) is 0 Å². The number of nitrogen functional groups attached to an aromatic ring is 1. The number of aliphatic hydroxyl groups is 1. The van der Waals surface area contributed by atoms with Gasteiger partial charge in [-0.2, -0.15) is 5.10 Å². The number of amides is 1. The fourth-order valence-corrected chi connectivity index (χ4v) is 1.94. The second kappa shape index (κ2) is 6.41. The molecule has 0 radical (unpaired) electrons. The first-order valence-electron chi connectivity index (χ1n) is 6.85. The summed E-state index contributed by atoms with van der Waals surface area (Å²) in [6.45, 7) is 3.77. The molecule has 0 unspecified atom stereocenters. The van der Waals surface area contributed by atoms with Crippen molar-refractivity contribution in [1.82, 2.24) is 15.1 Å². The van der Waals surface area contributed by atoms with Crippen molar-refractivity contribution < 1.29 is 9.90 Å². The number of nitrogens with two attached hydrogens (primary N) is 1. The summed E-state index contributed by atoms with van der Waals surface area (Å²) in [5.41, 5.74) is 7.48. The van der Waals surface area contributed by atoms with Crippen LogP contribution >= 0.6 is 0 Å². The third-order valence-corrected chi connectivity index (χ3v) is 3.32. The fraction of sp³-hybridized carbons (Fsp3) is 0.333. The SMILES string of the molecule is CC(C)[C@@H](CO)NC(=O)c1ccn(-c2ccccc2N)n1. The maximum Gasteiger partial charge on any atom is 0.272 e. The lowest BCUT2D eigenvalue weighted by molar-refractivity contribution is 0.0891. The molecule has 112 valence electrons. The molecule has 2 rings (SSSR count). The van der Waals surface area contributed by atoms with E-state index in [0.717, 1.165) is 5.69 Å². The molecule has 0 aliphatic rings. The van der Waals surface area contributed by atoms with E-state index in [2.05, 4.69) is 10.4 Å². The predicted molar refractivity (Wildman–Crippen MR) is 81.2 cm³/mol. The van der Waals surface area contributed by atoms with Gasteiger partial charge in [0.25, 0.3) is 5.91 Å². The van der Waals surface area contributed by atoms with E-state index in [0.29, 0.717) is 5.69 Å². The Hall–Kier alpha value is -2.34. The van der Waals surface area contributed by atoms with E-state index in [1.54, 1.807) is 23.0 Å². The van der Waals surface area contributed by atoms with Gasteiger partial charge in [0.1, 0.15) is 0 Å². The zero-order valence-corrected chi connectivity index (χ0v) is 12.2. The number of nitrogens with zero attached hydrogens (tertiary/aromatic N) is 2. The van der Waals surface area contributed by atoms with Crippen LogP contribution in [0.3, 0.4) is 0 Å². The van der Waals surface area contributed by atoms with Crippen molar-refractivity contribution in [3.8, 4) is 5.69 Å². The standard InChI is InChI=1S/C15H20N4O2/c1-10(2)13(9-20)17-15(21)12-7-8-19(18-12)14-6-4-3-5-11(14)16/h3-8,10,13,20H,9,16H2,1-2H3,(H,17,21)/t13-/m1/s1. The fourth-order valence-electron chi connectivity index (χ4n) is 1.94. The average Bonchev–Trinajstić information content (AvgIpc) is 2.94. The monoisotopic (exact) mass is 288 g/mol. The van der Waals surface area contributed by atoms with Gasteiger partial charge >= 0.3 is 0 Å². The van der Waals surface area contributed by atoms with Crippen molar-refractivity contribution in [1.29, 1.82) is 0 Å². The molecule has 0 aliphatic carbocycles. The predicted octanol–water partition coefficient (Wildman–Crippen LogP) is 1.20. The first-order valence-corrected chi connectivity index (χ1v) is 6.85. The summed E-state index contributed by atoms with van der Waals surface area (Å²) < 4.78 is 1.56. The van der Waals surface area contributed by atoms with E-state index in [9.17, 15) is 9.90 Å². The van der Waals surface area contributed by atoms with E-state index in [4.69, 9.17) is 5.73 Å². The number of carbonyl (C=O) groups is 1. The summed E-state index contributed by atoms with van der Waals surface area (Å²) >= 11 is 0. The van der Waals surface area contributed by atoms with E-state index in [1.165, 1.54) is 0 Å². The third-order valence-electron chi connectivity index (χ3n) is 3.32.